The van der Waals surface area contributed by atoms with E-state index in [1.54, 1.807) is 24.5 Å². The van der Waals surface area contributed by atoms with E-state index >= 15 is 0 Å². The van der Waals surface area contributed by atoms with E-state index in [-0.39, 0.29) is 5.56 Å². The first kappa shape index (κ1) is 23.2. The fraction of sp³-hybridized carbons (Fsp3) is 0.179. The molecular formula is C28H26N6O2S. The van der Waals surface area contributed by atoms with Crippen LogP contribution in [0.3, 0.4) is 0 Å². The predicted molar refractivity (Wildman–Crippen MR) is 150 cm³/mol. The highest BCUT2D eigenvalue weighted by Crippen LogP contribution is 2.39. The molecule has 6 rings (SSSR count). The maximum atomic E-state index is 13.8. The van der Waals surface area contributed by atoms with Gasteiger partial charge in [0.05, 0.1) is 29.4 Å². The molecule has 9 heteroatoms. The van der Waals surface area contributed by atoms with Crippen LogP contribution in [0.5, 0.6) is 5.75 Å². The molecule has 3 aromatic carbocycles. The van der Waals surface area contributed by atoms with E-state index in [1.807, 2.05) is 72.8 Å². The third-order valence-corrected chi connectivity index (χ3v) is 7.47. The molecule has 0 saturated carbocycles. The van der Waals surface area contributed by atoms with Crippen LogP contribution in [0.15, 0.2) is 83.7 Å². The third kappa shape index (κ3) is 4.54. The van der Waals surface area contributed by atoms with Crippen molar-refractivity contribution in [3.05, 3.63) is 89.2 Å². The van der Waals surface area contributed by atoms with Crippen LogP contribution in [0, 0.1) is 0 Å². The van der Waals surface area contributed by atoms with Gasteiger partial charge in [0, 0.05) is 31.7 Å². The van der Waals surface area contributed by atoms with E-state index in [0.29, 0.717) is 16.7 Å². The average molecular weight is 511 g/mol. The summed E-state index contributed by atoms with van der Waals surface area (Å²) in [4.78, 5) is 27.0. The number of ether oxygens (including phenoxy) is 1. The van der Waals surface area contributed by atoms with E-state index in [1.165, 1.54) is 4.68 Å². The summed E-state index contributed by atoms with van der Waals surface area (Å²) < 4.78 is 6.83. The second-order valence-electron chi connectivity index (χ2n) is 8.71. The Morgan fingerprint density at radius 2 is 1.65 bits per heavy atom. The molecule has 1 fully saturated rings. The largest absolute Gasteiger partial charge is 0.497 e. The molecule has 8 nitrogen and oxygen atoms in total. The van der Waals surface area contributed by atoms with Crippen molar-refractivity contribution in [2.24, 2.45) is 0 Å². The molecule has 2 N–H and O–H groups in total. The summed E-state index contributed by atoms with van der Waals surface area (Å²) in [6.45, 7) is 3.58. The number of hydrogen-bond acceptors (Lipinski definition) is 8. The number of fused-ring (bicyclic) bond motifs is 1. The van der Waals surface area contributed by atoms with Gasteiger partial charge in [0.25, 0.3) is 5.56 Å². The van der Waals surface area contributed by atoms with Crippen LogP contribution in [-0.2, 0) is 0 Å². The van der Waals surface area contributed by atoms with Gasteiger partial charge < -0.3 is 15.0 Å². The van der Waals surface area contributed by atoms with Crippen molar-refractivity contribution in [2.45, 2.75) is 0 Å². The van der Waals surface area contributed by atoms with Crippen molar-refractivity contribution < 1.29 is 4.74 Å². The van der Waals surface area contributed by atoms with Gasteiger partial charge in [0.1, 0.15) is 10.6 Å². The molecule has 1 aliphatic heterocycles. The van der Waals surface area contributed by atoms with Crippen LogP contribution in [0.25, 0.3) is 32.9 Å². The Bertz CT molecular complexity index is 1590. The van der Waals surface area contributed by atoms with Crippen LogP contribution in [0.2, 0.25) is 0 Å². The van der Waals surface area contributed by atoms with Gasteiger partial charge in [-0.25, -0.2) is 9.97 Å². The van der Waals surface area contributed by atoms with Gasteiger partial charge in [0.15, 0.2) is 11.0 Å². The van der Waals surface area contributed by atoms with Crippen LogP contribution in [-0.4, -0.2) is 47.9 Å². The Labute approximate surface area is 218 Å². The number of aromatic nitrogens is 3. The number of benzene rings is 3. The van der Waals surface area contributed by atoms with Crippen molar-refractivity contribution >= 4 is 33.1 Å². The number of thiazole rings is 1. The fourth-order valence-electron chi connectivity index (χ4n) is 4.43. The first-order valence-corrected chi connectivity index (χ1v) is 13.0. The Morgan fingerprint density at radius 1 is 0.919 bits per heavy atom. The molecule has 5 aromatic rings. The fourth-order valence-corrected chi connectivity index (χ4v) is 5.55. The summed E-state index contributed by atoms with van der Waals surface area (Å²) in [5.74, 6) is 1.27. The molecule has 0 atom stereocenters. The second kappa shape index (κ2) is 10.0. The van der Waals surface area contributed by atoms with Gasteiger partial charge in [-0.15, -0.1) is 0 Å². The summed E-state index contributed by atoms with van der Waals surface area (Å²) in [6.07, 6.45) is 0. The number of hydrogen-bond donors (Lipinski definition) is 2. The Kier molecular flexibility index (Phi) is 6.30. The average Bonchev–Trinajstić information content (AvgIpc) is 3.41. The molecular weight excluding hydrogens is 484 g/mol. The quantitative estimate of drug-likeness (QED) is 0.348. The lowest BCUT2D eigenvalue weighted by molar-refractivity contribution is 0.415. The molecule has 0 unspecified atom stereocenters. The van der Waals surface area contributed by atoms with Gasteiger partial charge >= 0.3 is 0 Å². The molecule has 2 aromatic heterocycles. The summed E-state index contributed by atoms with van der Waals surface area (Å²) in [5.41, 5.74) is 6.30. The van der Waals surface area contributed by atoms with E-state index < -0.39 is 0 Å². The summed E-state index contributed by atoms with van der Waals surface area (Å²) in [5, 5.41) is 4.87. The number of piperazine rings is 1. The smallest absolute Gasteiger partial charge is 0.280 e. The Balaban J connectivity index is 1.56. The maximum Gasteiger partial charge on any atom is 0.280 e. The SMILES string of the molecule is COc1ccc(Nn2c(-c3sc(N4CCNCC4)nc3-c3ccccc3)nc3ccccc3c2=O)cc1. The molecule has 186 valence electrons. The zero-order valence-corrected chi connectivity index (χ0v) is 21.2. The number of anilines is 2. The normalized spacial score (nSPS) is 13.6. The number of nitrogens with one attached hydrogen (secondary N) is 2. The van der Waals surface area contributed by atoms with Crippen LogP contribution >= 0.6 is 11.3 Å². The minimum Gasteiger partial charge on any atom is -0.497 e. The first-order chi connectivity index (χ1) is 18.2. The van der Waals surface area contributed by atoms with Crippen molar-refractivity contribution in [3.8, 4) is 27.7 Å². The number of rotatable bonds is 6. The summed E-state index contributed by atoms with van der Waals surface area (Å²) >= 11 is 1.57. The van der Waals surface area contributed by atoms with Gasteiger partial charge in [0.2, 0.25) is 0 Å². The molecule has 0 amide bonds. The standard InChI is InChI=1S/C28H26N6O2S/c1-36-21-13-11-20(12-14-21)32-34-26(30-23-10-6-5-9-22(23)27(34)35)25-24(19-7-3-2-4-8-19)31-28(37-25)33-17-15-29-16-18-33/h2-14,29,32H,15-18H2,1H3. The molecule has 0 bridgehead atoms. The van der Waals surface area contributed by atoms with E-state index in [9.17, 15) is 4.79 Å². The van der Waals surface area contributed by atoms with E-state index in [4.69, 9.17) is 14.7 Å². The molecule has 1 saturated heterocycles. The topological polar surface area (TPSA) is 84.3 Å². The molecule has 3 heterocycles. The second-order valence-corrected chi connectivity index (χ2v) is 9.69. The predicted octanol–water partition coefficient (Wildman–Crippen LogP) is 4.48. The lowest BCUT2D eigenvalue weighted by atomic mass is 10.1. The summed E-state index contributed by atoms with van der Waals surface area (Å²) in [6, 6.07) is 25.0. The van der Waals surface area contributed by atoms with Crippen LogP contribution in [0.1, 0.15) is 0 Å². The molecule has 0 spiro atoms. The lowest BCUT2D eigenvalue weighted by Gasteiger charge is -2.26. The zero-order valence-electron chi connectivity index (χ0n) is 20.3. The lowest BCUT2D eigenvalue weighted by Crippen LogP contribution is -2.43. The maximum absolute atomic E-state index is 13.8. The van der Waals surface area contributed by atoms with Gasteiger partial charge in [-0.3, -0.25) is 10.2 Å². The van der Waals surface area contributed by atoms with E-state index in [0.717, 1.165) is 58.9 Å². The van der Waals surface area contributed by atoms with Crippen LogP contribution < -0.4 is 25.9 Å². The van der Waals surface area contributed by atoms with Crippen molar-refractivity contribution in [2.75, 3.05) is 43.6 Å². The van der Waals surface area contributed by atoms with Crippen molar-refractivity contribution in [3.63, 3.8) is 0 Å². The number of methoxy groups -OCH3 is 1. The molecule has 0 radical (unpaired) electrons. The molecule has 37 heavy (non-hydrogen) atoms. The number of nitrogens with zero attached hydrogens (tertiary/aromatic N) is 4. The van der Waals surface area contributed by atoms with E-state index in [2.05, 4.69) is 15.6 Å². The van der Waals surface area contributed by atoms with Crippen molar-refractivity contribution in [1.82, 2.24) is 20.0 Å². The van der Waals surface area contributed by atoms with Gasteiger partial charge in [-0.2, -0.15) is 4.68 Å². The highest BCUT2D eigenvalue weighted by molar-refractivity contribution is 7.19. The first-order valence-electron chi connectivity index (χ1n) is 12.2. The van der Waals surface area contributed by atoms with Crippen molar-refractivity contribution in [1.29, 1.82) is 0 Å². The minimum atomic E-state index is -0.174. The Morgan fingerprint density at radius 3 is 2.41 bits per heavy atom. The summed E-state index contributed by atoms with van der Waals surface area (Å²) in [7, 11) is 1.63. The van der Waals surface area contributed by atoms with Gasteiger partial charge in [-0.1, -0.05) is 53.8 Å². The third-order valence-electron chi connectivity index (χ3n) is 6.36. The molecule has 1 aliphatic rings. The van der Waals surface area contributed by atoms with Crippen LogP contribution in [0.4, 0.5) is 10.8 Å². The zero-order chi connectivity index (χ0) is 25.2. The molecule has 0 aliphatic carbocycles. The monoisotopic (exact) mass is 510 g/mol. The Hall–Kier alpha value is -4.21. The minimum absolute atomic E-state index is 0.174. The number of para-hydroxylation sites is 1. The highest BCUT2D eigenvalue weighted by atomic mass is 32.1. The van der Waals surface area contributed by atoms with Gasteiger partial charge in [-0.05, 0) is 36.4 Å². The highest BCUT2D eigenvalue weighted by Gasteiger charge is 2.24.